The highest BCUT2D eigenvalue weighted by Crippen LogP contribution is 2.01. The molecule has 0 N–H and O–H groups in total. The highest BCUT2D eigenvalue weighted by molar-refractivity contribution is 7.57. The lowest BCUT2D eigenvalue weighted by Crippen LogP contribution is -1.87. The average molecular weight is 152 g/mol. The molecule has 0 saturated carbocycles. The first kappa shape index (κ1) is 5.48. The normalized spacial score (nSPS) is 10.4. The molecule has 10 heavy (non-hydrogen) atoms. The number of aromatic nitrogens is 5. The SMILES string of the molecule is [S-]n1nnc2ncncc21. The van der Waals surface area contributed by atoms with E-state index < -0.39 is 0 Å². The molecule has 2 aromatic rings. The fraction of sp³-hybridized carbons (Fsp3) is 0. The Bertz CT molecular complexity index is 355. The van der Waals surface area contributed by atoms with E-state index in [1.54, 1.807) is 6.20 Å². The largest absolute Gasteiger partial charge is 0.663 e. The van der Waals surface area contributed by atoms with Crippen molar-refractivity contribution in [3.8, 4) is 0 Å². The maximum absolute atomic E-state index is 4.75. The molecule has 0 fully saturated rings. The van der Waals surface area contributed by atoms with Crippen LogP contribution < -0.4 is 0 Å². The van der Waals surface area contributed by atoms with E-state index in [1.165, 1.54) is 10.4 Å². The van der Waals surface area contributed by atoms with Crippen molar-refractivity contribution in [1.29, 1.82) is 0 Å². The van der Waals surface area contributed by atoms with Crippen LogP contribution >= 0.6 is 0 Å². The molecule has 0 aromatic carbocycles. The molecule has 0 aliphatic heterocycles. The van der Waals surface area contributed by atoms with Crippen molar-refractivity contribution in [2.24, 2.45) is 0 Å². The zero-order valence-electron chi connectivity index (χ0n) is 4.80. The van der Waals surface area contributed by atoms with E-state index in [-0.39, 0.29) is 0 Å². The number of hydrogen-bond acceptors (Lipinski definition) is 5. The van der Waals surface area contributed by atoms with E-state index in [4.69, 9.17) is 12.8 Å². The first-order valence-electron chi connectivity index (χ1n) is 2.57. The summed E-state index contributed by atoms with van der Waals surface area (Å²) >= 11 is 4.75. The highest BCUT2D eigenvalue weighted by atomic mass is 32.1. The minimum Gasteiger partial charge on any atom is -0.663 e. The van der Waals surface area contributed by atoms with Crippen LogP contribution in [0.1, 0.15) is 0 Å². The molecule has 2 rings (SSSR count). The zero-order chi connectivity index (χ0) is 6.97. The lowest BCUT2D eigenvalue weighted by atomic mass is 10.6. The van der Waals surface area contributed by atoms with Gasteiger partial charge in [0.05, 0.1) is 6.20 Å². The summed E-state index contributed by atoms with van der Waals surface area (Å²) < 4.78 is 1.22. The maximum Gasteiger partial charge on any atom is 0.203 e. The van der Waals surface area contributed by atoms with Crippen molar-refractivity contribution in [1.82, 2.24) is 24.4 Å². The van der Waals surface area contributed by atoms with E-state index in [0.717, 1.165) is 0 Å². The van der Waals surface area contributed by atoms with Crippen molar-refractivity contribution in [2.45, 2.75) is 0 Å². The molecule has 0 atom stereocenters. The summed E-state index contributed by atoms with van der Waals surface area (Å²) in [5, 5.41) is 7.25. The van der Waals surface area contributed by atoms with Gasteiger partial charge in [0.15, 0.2) is 0 Å². The zero-order valence-corrected chi connectivity index (χ0v) is 5.62. The van der Waals surface area contributed by atoms with Crippen LogP contribution in [-0.2, 0) is 12.8 Å². The van der Waals surface area contributed by atoms with Crippen molar-refractivity contribution in [3.63, 3.8) is 0 Å². The summed E-state index contributed by atoms with van der Waals surface area (Å²) in [6, 6.07) is 0. The number of nitrogens with zero attached hydrogens (tertiary/aromatic N) is 5. The van der Waals surface area contributed by atoms with Crippen LogP contribution in [-0.4, -0.2) is 24.4 Å². The van der Waals surface area contributed by atoms with Crippen molar-refractivity contribution < 1.29 is 0 Å². The first-order valence-corrected chi connectivity index (χ1v) is 2.93. The van der Waals surface area contributed by atoms with Crippen molar-refractivity contribution in [2.75, 3.05) is 0 Å². The number of rotatable bonds is 0. The van der Waals surface area contributed by atoms with Gasteiger partial charge < -0.3 is 16.9 Å². The molecule has 6 heteroatoms. The topological polar surface area (TPSA) is 56.5 Å². The van der Waals surface area contributed by atoms with Gasteiger partial charge in [-0.05, 0) is 0 Å². The lowest BCUT2D eigenvalue weighted by Gasteiger charge is -2.00. The Hall–Kier alpha value is -1.30. The van der Waals surface area contributed by atoms with Gasteiger partial charge in [-0.15, -0.1) is 5.10 Å². The Balaban J connectivity index is 2.93. The molecular formula is C4H2N5S-. The van der Waals surface area contributed by atoms with Gasteiger partial charge in [-0.25, -0.2) is 9.97 Å². The minimum atomic E-state index is 0.532. The lowest BCUT2D eigenvalue weighted by molar-refractivity contribution is 0.911. The van der Waals surface area contributed by atoms with Gasteiger partial charge in [0.2, 0.25) is 5.65 Å². The Morgan fingerprint density at radius 2 is 2.40 bits per heavy atom. The molecule has 0 saturated heterocycles. The summed E-state index contributed by atoms with van der Waals surface area (Å²) in [5.74, 6) is 0. The molecular weight excluding hydrogens is 150 g/mol. The summed E-state index contributed by atoms with van der Waals surface area (Å²) in [6.07, 6.45) is 2.99. The molecule has 0 radical (unpaired) electrons. The third-order valence-electron chi connectivity index (χ3n) is 1.10. The van der Waals surface area contributed by atoms with Crippen molar-refractivity contribution >= 4 is 24.0 Å². The fourth-order valence-electron chi connectivity index (χ4n) is 0.659. The Labute approximate surface area is 61.6 Å². The predicted molar refractivity (Wildman–Crippen MR) is 35.9 cm³/mol. The standard InChI is InChI=1S/C4H2N5S/c10-9-3-1-5-2-6-4(3)7-8-9/h1-2H/q-1. The Kier molecular flexibility index (Phi) is 1.01. The number of hydrogen-bond donors (Lipinski definition) is 0. The molecule has 2 heterocycles. The molecule has 0 spiro atoms. The molecule has 5 nitrogen and oxygen atoms in total. The van der Waals surface area contributed by atoms with Crippen LogP contribution in [0.3, 0.4) is 0 Å². The van der Waals surface area contributed by atoms with Gasteiger partial charge in [-0.1, -0.05) is 5.21 Å². The smallest absolute Gasteiger partial charge is 0.203 e. The van der Waals surface area contributed by atoms with Crippen LogP contribution in [0.4, 0.5) is 0 Å². The third-order valence-corrected chi connectivity index (χ3v) is 1.37. The molecule has 0 bridgehead atoms. The maximum atomic E-state index is 4.75. The monoisotopic (exact) mass is 152 g/mol. The second kappa shape index (κ2) is 1.84. The van der Waals surface area contributed by atoms with Gasteiger partial charge in [0.1, 0.15) is 11.8 Å². The van der Waals surface area contributed by atoms with Gasteiger partial charge in [-0.3, -0.25) is 0 Å². The second-order valence-electron chi connectivity index (χ2n) is 1.69. The summed E-state index contributed by atoms with van der Waals surface area (Å²) in [7, 11) is 0. The summed E-state index contributed by atoms with van der Waals surface area (Å²) in [6.45, 7) is 0. The van der Waals surface area contributed by atoms with Crippen LogP contribution in [0, 0.1) is 0 Å². The predicted octanol–water partition coefficient (Wildman–Crippen LogP) is -0.469. The van der Waals surface area contributed by atoms with Crippen molar-refractivity contribution in [3.05, 3.63) is 12.5 Å². The molecule has 2 aromatic heterocycles. The number of fused-ring (bicyclic) bond motifs is 1. The Morgan fingerprint density at radius 3 is 3.20 bits per heavy atom. The van der Waals surface area contributed by atoms with E-state index in [2.05, 4.69) is 20.3 Å². The van der Waals surface area contributed by atoms with E-state index in [1.807, 2.05) is 0 Å². The van der Waals surface area contributed by atoms with Gasteiger partial charge in [0.25, 0.3) is 0 Å². The Morgan fingerprint density at radius 1 is 1.50 bits per heavy atom. The molecule has 50 valence electrons. The van der Waals surface area contributed by atoms with E-state index in [0.29, 0.717) is 11.2 Å². The molecule has 0 unspecified atom stereocenters. The molecule has 0 amide bonds. The quantitative estimate of drug-likeness (QED) is 0.478. The molecule has 0 aliphatic rings. The van der Waals surface area contributed by atoms with E-state index >= 15 is 0 Å². The third kappa shape index (κ3) is 0.623. The molecule has 0 aliphatic carbocycles. The average Bonchev–Trinajstić information content (AvgIpc) is 2.34. The van der Waals surface area contributed by atoms with Crippen LogP contribution in [0.15, 0.2) is 12.5 Å². The van der Waals surface area contributed by atoms with Crippen LogP contribution in [0.5, 0.6) is 0 Å². The summed E-state index contributed by atoms with van der Waals surface area (Å²) in [5.41, 5.74) is 1.20. The summed E-state index contributed by atoms with van der Waals surface area (Å²) in [4.78, 5) is 7.60. The van der Waals surface area contributed by atoms with Crippen LogP contribution in [0.2, 0.25) is 0 Å². The van der Waals surface area contributed by atoms with Gasteiger partial charge in [-0.2, -0.15) is 0 Å². The highest BCUT2D eigenvalue weighted by Gasteiger charge is 1.94. The van der Waals surface area contributed by atoms with Crippen LogP contribution in [0.25, 0.3) is 11.2 Å². The van der Waals surface area contributed by atoms with Gasteiger partial charge in [0, 0.05) is 0 Å². The fourth-order valence-corrected chi connectivity index (χ4v) is 0.824. The minimum absolute atomic E-state index is 0.532. The van der Waals surface area contributed by atoms with Gasteiger partial charge >= 0.3 is 0 Å². The first-order chi connectivity index (χ1) is 4.88. The second-order valence-corrected chi connectivity index (χ2v) is 2.04. The van der Waals surface area contributed by atoms with E-state index in [9.17, 15) is 0 Å².